The maximum Gasteiger partial charge on any atom is 0.224 e. The van der Waals surface area contributed by atoms with E-state index in [1.54, 1.807) is 18.2 Å². The van der Waals surface area contributed by atoms with Crippen LogP contribution in [0.2, 0.25) is 0 Å². The molecule has 0 aliphatic carbocycles. The van der Waals surface area contributed by atoms with Gasteiger partial charge in [-0.1, -0.05) is 12.1 Å². The van der Waals surface area contributed by atoms with Crippen molar-refractivity contribution < 1.29 is 18.7 Å². The molecule has 0 amide bonds. The number of hydrogen-bond donors (Lipinski definition) is 2. The molecule has 0 radical (unpaired) electrons. The van der Waals surface area contributed by atoms with E-state index in [0.29, 0.717) is 12.2 Å². The maximum atomic E-state index is 12.9. The Hall–Kier alpha value is -3.22. The maximum absolute atomic E-state index is 12.9. The molecule has 6 nitrogen and oxygen atoms in total. The Morgan fingerprint density at radius 3 is 2.74 bits per heavy atom. The third-order valence-electron chi connectivity index (χ3n) is 3.12. The topological polar surface area (TPSA) is 92.0 Å². The summed E-state index contributed by atoms with van der Waals surface area (Å²) >= 11 is 0. The van der Waals surface area contributed by atoms with Gasteiger partial charge >= 0.3 is 0 Å². The number of benzene rings is 1. The summed E-state index contributed by atoms with van der Waals surface area (Å²) in [6.07, 6.45) is 2.66. The summed E-state index contributed by atoms with van der Waals surface area (Å²) in [6, 6.07) is 9.20. The van der Waals surface area contributed by atoms with Gasteiger partial charge in [-0.05, 0) is 29.8 Å². The predicted octanol–water partition coefficient (Wildman–Crippen LogP) is 2.91. The number of nitrogens with zero attached hydrogens (tertiary/aromatic N) is 2. The molecule has 0 spiro atoms. The number of halogens is 1. The molecule has 2 heterocycles. The summed E-state index contributed by atoms with van der Waals surface area (Å²) in [5, 5.41) is 15.8. The summed E-state index contributed by atoms with van der Waals surface area (Å²) in [7, 11) is 0. The second-order valence-corrected chi connectivity index (χ2v) is 4.80. The van der Waals surface area contributed by atoms with Gasteiger partial charge in [0.25, 0.3) is 0 Å². The minimum absolute atomic E-state index is 0.0909. The lowest BCUT2D eigenvalue weighted by molar-refractivity contribution is 0.101. The Bertz CT molecular complexity index is 836. The van der Waals surface area contributed by atoms with E-state index < -0.39 is 5.78 Å². The van der Waals surface area contributed by atoms with Crippen molar-refractivity contribution in [2.45, 2.75) is 6.42 Å². The first-order chi connectivity index (χ1) is 11.1. The third-order valence-corrected chi connectivity index (χ3v) is 3.12. The molecule has 0 saturated carbocycles. The molecule has 116 valence electrons. The van der Waals surface area contributed by atoms with E-state index in [2.05, 4.69) is 15.2 Å². The molecule has 3 rings (SSSR count). The number of rotatable bonds is 5. The van der Waals surface area contributed by atoms with Gasteiger partial charge in [-0.3, -0.25) is 9.89 Å². The molecule has 0 aliphatic heterocycles. The van der Waals surface area contributed by atoms with Crippen molar-refractivity contribution in [1.82, 2.24) is 15.2 Å². The second-order valence-electron chi connectivity index (χ2n) is 4.80. The quantitative estimate of drug-likeness (QED) is 0.429. The van der Waals surface area contributed by atoms with Crippen LogP contribution in [0, 0.1) is 5.82 Å². The normalized spacial score (nSPS) is 11.6. The smallest absolute Gasteiger partial charge is 0.224 e. The highest BCUT2D eigenvalue weighted by Gasteiger charge is 2.12. The monoisotopic (exact) mass is 313 g/mol. The number of allylic oxidation sites excluding steroid dienone is 1. The standard InChI is InChI=1S/C16H12FN3O3/c17-11-3-1-10(2-4-11)7-12-5-6-15(23-12)13(21)8-14(22)16-18-9-19-20-16/h1-6,8-9,22H,7H2,(H,18,19,20)/b14-8+. The first-order valence-electron chi connectivity index (χ1n) is 6.76. The van der Waals surface area contributed by atoms with Crippen LogP contribution in [0.5, 0.6) is 0 Å². The molecule has 0 atom stereocenters. The fourth-order valence-corrected chi connectivity index (χ4v) is 2.00. The lowest BCUT2D eigenvalue weighted by atomic mass is 10.1. The summed E-state index contributed by atoms with van der Waals surface area (Å²) < 4.78 is 18.3. The Labute approximate surface area is 130 Å². The summed E-state index contributed by atoms with van der Waals surface area (Å²) in [5.41, 5.74) is 0.861. The molecule has 0 aliphatic rings. The second kappa shape index (κ2) is 6.27. The van der Waals surface area contributed by atoms with E-state index in [4.69, 9.17) is 4.42 Å². The summed E-state index contributed by atoms with van der Waals surface area (Å²) in [6.45, 7) is 0. The molecule has 2 N–H and O–H groups in total. The molecule has 1 aromatic carbocycles. The number of ketones is 1. The Kier molecular flexibility index (Phi) is 4.01. The van der Waals surface area contributed by atoms with Crippen molar-refractivity contribution in [2.75, 3.05) is 0 Å². The van der Waals surface area contributed by atoms with Crippen LogP contribution in [0.15, 0.2) is 53.2 Å². The number of aromatic amines is 1. The van der Waals surface area contributed by atoms with Gasteiger partial charge in [0.05, 0.1) is 0 Å². The SMILES string of the molecule is O=C(/C=C(/O)c1ncn[nH]1)c1ccc(Cc2ccc(F)cc2)o1. The lowest BCUT2D eigenvalue weighted by Crippen LogP contribution is -1.96. The molecular weight excluding hydrogens is 301 g/mol. The fraction of sp³-hybridized carbons (Fsp3) is 0.0625. The largest absolute Gasteiger partial charge is 0.504 e. The number of hydrogen-bond acceptors (Lipinski definition) is 5. The van der Waals surface area contributed by atoms with Crippen molar-refractivity contribution in [3.8, 4) is 0 Å². The van der Waals surface area contributed by atoms with Gasteiger partial charge in [-0.15, -0.1) is 0 Å². The number of aliphatic hydroxyl groups is 1. The van der Waals surface area contributed by atoms with E-state index in [1.807, 2.05) is 0 Å². The van der Waals surface area contributed by atoms with Gasteiger partial charge in [-0.25, -0.2) is 9.37 Å². The average Bonchev–Trinajstić information content (AvgIpc) is 3.21. The van der Waals surface area contributed by atoms with E-state index in [-0.39, 0.29) is 23.2 Å². The number of aromatic nitrogens is 3. The van der Waals surface area contributed by atoms with Crippen molar-refractivity contribution in [1.29, 1.82) is 0 Å². The van der Waals surface area contributed by atoms with E-state index in [9.17, 15) is 14.3 Å². The minimum Gasteiger partial charge on any atom is -0.504 e. The Balaban J connectivity index is 1.72. The Morgan fingerprint density at radius 2 is 2.04 bits per heavy atom. The van der Waals surface area contributed by atoms with Crippen LogP contribution in [0.25, 0.3) is 5.76 Å². The zero-order valence-electron chi connectivity index (χ0n) is 11.9. The van der Waals surface area contributed by atoms with Crippen LogP contribution < -0.4 is 0 Å². The number of carbonyl (C=O) groups is 1. The van der Waals surface area contributed by atoms with E-state index in [0.717, 1.165) is 11.6 Å². The number of nitrogens with one attached hydrogen (secondary N) is 1. The highest BCUT2D eigenvalue weighted by atomic mass is 19.1. The van der Waals surface area contributed by atoms with Crippen molar-refractivity contribution in [3.63, 3.8) is 0 Å². The van der Waals surface area contributed by atoms with E-state index >= 15 is 0 Å². The first-order valence-corrected chi connectivity index (χ1v) is 6.76. The van der Waals surface area contributed by atoms with Gasteiger partial charge in [-0.2, -0.15) is 5.10 Å². The van der Waals surface area contributed by atoms with Crippen LogP contribution >= 0.6 is 0 Å². The fourth-order valence-electron chi connectivity index (χ4n) is 2.00. The van der Waals surface area contributed by atoms with Crippen LogP contribution in [-0.4, -0.2) is 26.1 Å². The average molecular weight is 313 g/mol. The van der Waals surface area contributed by atoms with Crippen LogP contribution in [0.3, 0.4) is 0 Å². The van der Waals surface area contributed by atoms with Gasteiger partial charge in [0.15, 0.2) is 17.3 Å². The first kappa shape index (κ1) is 14.7. The van der Waals surface area contributed by atoms with Crippen LogP contribution in [-0.2, 0) is 6.42 Å². The molecular formula is C16H12FN3O3. The van der Waals surface area contributed by atoms with E-state index in [1.165, 1.54) is 24.5 Å². The number of aliphatic hydroxyl groups excluding tert-OH is 1. The van der Waals surface area contributed by atoms with Gasteiger partial charge in [0.1, 0.15) is 17.9 Å². The van der Waals surface area contributed by atoms with Gasteiger partial charge < -0.3 is 9.52 Å². The third kappa shape index (κ3) is 3.52. The Morgan fingerprint density at radius 1 is 1.26 bits per heavy atom. The van der Waals surface area contributed by atoms with Crippen LogP contribution in [0.1, 0.15) is 27.7 Å². The molecule has 0 unspecified atom stereocenters. The summed E-state index contributed by atoms with van der Waals surface area (Å²) in [5.74, 6) is -0.387. The molecule has 3 aromatic rings. The van der Waals surface area contributed by atoms with Crippen LogP contribution in [0.4, 0.5) is 4.39 Å². The molecule has 7 heteroatoms. The molecule has 23 heavy (non-hydrogen) atoms. The molecule has 0 bridgehead atoms. The number of furan rings is 1. The highest BCUT2D eigenvalue weighted by Crippen LogP contribution is 2.16. The van der Waals surface area contributed by atoms with Crippen molar-refractivity contribution in [3.05, 3.63) is 77.5 Å². The van der Waals surface area contributed by atoms with Gasteiger partial charge in [0.2, 0.25) is 5.78 Å². The molecule has 0 saturated heterocycles. The van der Waals surface area contributed by atoms with Crippen molar-refractivity contribution >= 4 is 11.5 Å². The zero-order valence-corrected chi connectivity index (χ0v) is 11.9. The summed E-state index contributed by atoms with van der Waals surface area (Å²) in [4.78, 5) is 15.8. The molecule has 2 aromatic heterocycles. The number of carbonyl (C=O) groups excluding carboxylic acids is 1. The minimum atomic E-state index is -0.496. The highest BCUT2D eigenvalue weighted by molar-refractivity contribution is 6.05. The predicted molar refractivity (Wildman–Crippen MR) is 79.2 cm³/mol. The van der Waals surface area contributed by atoms with Crippen molar-refractivity contribution in [2.24, 2.45) is 0 Å². The zero-order chi connectivity index (χ0) is 16.2. The number of H-pyrrole nitrogens is 1. The lowest BCUT2D eigenvalue weighted by Gasteiger charge is -1.98. The van der Waals surface area contributed by atoms with Gasteiger partial charge in [0, 0.05) is 12.5 Å². The molecule has 0 fully saturated rings.